The van der Waals surface area contributed by atoms with Crippen LogP contribution in [0, 0.1) is 6.92 Å². The first-order valence-corrected chi connectivity index (χ1v) is 8.55. The van der Waals surface area contributed by atoms with E-state index in [1.165, 1.54) is 17.1 Å². The molecule has 0 unspecified atom stereocenters. The van der Waals surface area contributed by atoms with Gasteiger partial charge in [0.05, 0.1) is 5.69 Å². The van der Waals surface area contributed by atoms with Gasteiger partial charge in [0, 0.05) is 29.4 Å². The smallest absolute Gasteiger partial charge is 0.166 e. The standard InChI is InChI=1S/C14H13ClN4S2/c1-9-11(7-10-5-3-2-4-6-10)17-14(16-9)20-8-12-13(15)21-19-18-12/h2-6H,7-8H2,1H3,(H,16,17). The molecule has 21 heavy (non-hydrogen) atoms. The van der Waals surface area contributed by atoms with Gasteiger partial charge in [0.25, 0.3) is 0 Å². The number of aromatic nitrogens is 4. The number of benzene rings is 1. The maximum absolute atomic E-state index is 6.00. The van der Waals surface area contributed by atoms with Crippen LogP contribution in [0.15, 0.2) is 35.5 Å². The number of imidazole rings is 1. The lowest BCUT2D eigenvalue weighted by Crippen LogP contribution is -1.90. The SMILES string of the molecule is Cc1[nH]c(SCc2nnsc2Cl)nc1Cc1ccccc1. The lowest BCUT2D eigenvalue weighted by Gasteiger charge is -1.98. The average molecular weight is 337 g/mol. The molecule has 108 valence electrons. The molecule has 0 bridgehead atoms. The van der Waals surface area contributed by atoms with E-state index in [2.05, 4.69) is 31.7 Å². The fraction of sp³-hybridized carbons (Fsp3) is 0.214. The van der Waals surface area contributed by atoms with Gasteiger partial charge in [-0.15, -0.1) is 5.10 Å². The minimum atomic E-state index is 0.648. The molecule has 0 spiro atoms. The predicted molar refractivity (Wildman–Crippen MR) is 87.1 cm³/mol. The molecule has 0 amide bonds. The summed E-state index contributed by atoms with van der Waals surface area (Å²) in [6.45, 7) is 2.05. The molecule has 1 aromatic carbocycles. The second-order valence-electron chi connectivity index (χ2n) is 4.56. The van der Waals surface area contributed by atoms with Crippen LogP contribution in [-0.4, -0.2) is 19.6 Å². The topological polar surface area (TPSA) is 54.5 Å². The van der Waals surface area contributed by atoms with Crippen LogP contribution in [0.2, 0.25) is 4.34 Å². The number of nitrogens with zero attached hydrogens (tertiary/aromatic N) is 3. The lowest BCUT2D eigenvalue weighted by molar-refractivity contribution is 1.00. The molecule has 0 aliphatic rings. The maximum Gasteiger partial charge on any atom is 0.166 e. The molecule has 7 heteroatoms. The third-order valence-electron chi connectivity index (χ3n) is 3.03. The van der Waals surface area contributed by atoms with Crippen molar-refractivity contribution in [2.75, 3.05) is 0 Å². The van der Waals surface area contributed by atoms with Crippen LogP contribution in [0.4, 0.5) is 0 Å². The number of H-pyrrole nitrogens is 1. The van der Waals surface area contributed by atoms with Crippen molar-refractivity contribution in [3.05, 3.63) is 57.3 Å². The molecule has 3 aromatic rings. The highest BCUT2D eigenvalue weighted by molar-refractivity contribution is 7.98. The quantitative estimate of drug-likeness (QED) is 0.712. The summed E-state index contributed by atoms with van der Waals surface area (Å²) in [6.07, 6.45) is 0.836. The van der Waals surface area contributed by atoms with Crippen LogP contribution in [0.25, 0.3) is 0 Å². The molecule has 4 nitrogen and oxygen atoms in total. The van der Waals surface area contributed by atoms with Gasteiger partial charge in [0.1, 0.15) is 10.0 Å². The summed E-state index contributed by atoms with van der Waals surface area (Å²) in [5, 5.41) is 4.89. The first kappa shape index (κ1) is 14.6. The zero-order chi connectivity index (χ0) is 14.7. The minimum Gasteiger partial charge on any atom is -0.337 e. The van der Waals surface area contributed by atoms with Crippen molar-refractivity contribution >= 4 is 34.9 Å². The van der Waals surface area contributed by atoms with Crippen molar-refractivity contribution in [3.63, 3.8) is 0 Å². The molecule has 1 N–H and O–H groups in total. The summed E-state index contributed by atoms with van der Waals surface area (Å²) in [5.74, 6) is 0.674. The van der Waals surface area contributed by atoms with Gasteiger partial charge >= 0.3 is 0 Å². The summed E-state index contributed by atoms with van der Waals surface area (Å²) >= 11 is 8.80. The molecule has 3 rings (SSSR count). The van der Waals surface area contributed by atoms with Gasteiger partial charge < -0.3 is 4.98 Å². The highest BCUT2D eigenvalue weighted by atomic mass is 35.5. The van der Waals surface area contributed by atoms with Gasteiger partial charge in [-0.2, -0.15) is 0 Å². The van der Waals surface area contributed by atoms with E-state index in [1.807, 2.05) is 25.1 Å². The van der Waals surface area contributed by atoms with E-state index in [-0.39, 0.29) is 0 Å². The number of hydrogen-bond acceptors (Lipinski definition) is 5. The summed E-state index contributed by atoms with van der Waals surface area (Å²) in [5.41, 5.74) is 4.25. The van der Waals surface area contributed by atoms with Crippen molar-refractivity contribution in [1.29, 1.82) is 0 Å². The van der Waals surface area contributed by atoms with E-state index in [0.717, 1.165) is 28.7 Å². The van der Waals surface area contributed by atoms with Crippen LogP contribution in [0.5, 0.6) is 0 Å². The molecule has 2 heterocycles. The molecule has 0 radical (unpaired) electrons. The Balaban J connectivity index is 1.68. The minimum absolute atomic E-state index is 0.648. The van der Waals surface area contributed by atoms with Gasteiger partial charge in [0.15, 0.2) is 5.16 Å². The normalized spacial score (nSPS) is 11.0. The number of hydrogen-bond donors (Lipinski definition) is 1. The molecule has 0 saturated heterocycles. The molecule has 0 fully saturated rings. The van der Waals surface area contributed by atoms with Crippen LogP contribution in [0.1, 0.15) is 22.6 Å². The molecule has 2 aromatic heterocycles. The van der Waals surface area contributed by atoms with E-state index < -0.39 is 0 Å². The van der Waals surface area contributed by atoms with Crippen molar-refractivity contribution in [1.82, 2.24) is 19.6 Å². The summed E-state index contributed by atoms with van der Waals surface area (Å²) in [7, 11) is 0. The van der Waals surface area contributed by atoms with Crippen molar-refractivity contribution in [2.24, 2.45) is 0 Å². The van der Waals surface area contributed by atoms with Crippen molar-refractivity contribution in [2.45, 2.75) is 24.3 Å². The zero-order valence-corrected chi connectivity index (χ0v) is 13.7. The van der Waals surface area contributed by atoms with Crippen LogP contribution in [0.3, 0.4) is 0 Å². The zero-order valence-electron chi connectivity index (χ0n) is 11.3. The van der Waals surface area contributed by atoms with E-state index in [9.17, 15) is 0 Å². The van der Waals surface area contributed by atoms with Crippen LogP contribution in [-0.2, 0) is 12.2 Å². The number of rotatable bonds is 5. The Morgan fingerprint density at radius 1 is 1.24 bits per heavy atom. The summed E-state index contributed by atoms with van der Waals surface area (Å²) in [4.78, 5) is 7.96. The van der Waals surface area contributed by atoms with Crippen molar-refractivity contribution < 1.29 is 0 Å². The second-order valence-corrected chi connectivity index (χ2v) is 6.88. The van der Waals surface area contributed by atoms with E-state index in [4.69, 9.17) is 11.6 Å². The van der Waals surface area contributed by atoms with E-state index in [0.29, 0.717) is 10.1 Å². The van der Waals surface area contributed by atoms with Crippen LogP contribution < -0.4 is 0 Å². The molecular weight excluding hydrogens is 324 g/mol. The van der Waals surface area contributed by atoms with Gasteiger partial charge in [-0.1, -0.05) is 58.2 Å². The molecular formula is C14H13ClN4S2. The van der Waals surface area contributed by atoms with Gasteiger partial charge in [-0.05, 0) is 12.5 Å². The first-order chi connectivity index (χ1) is 10.2. The largest absolute Gasteiger partial charge is 0.337 e. The van der Waals surface area contributed by atoms with Crippen LogP contribution >= 0.6 is 34.9 Å². The Morgan fingerprint density at radius 2 is 2.05 bits per heavy atom. The summed E-state index contributed by atoms with van der Waals surface area (Å²) in [6, 6.07) is 10.3. The molecule has 0 aliphatic heterocycles. The second kappa shape index (κ2) is 6.60. The maximum atomic E-state index is 6.00. The lowest BCUT2D eigenvalue weighted by atomic mass is 10.1. The summed E-state index contributed by atoms with van der Waals surface area (Å²) < 4.78 is 4.48. The van der Waals surface area contributed by atoms with Gasteiger partial charge in [-0.25, -0.2) is 4.98 Å². The fourth-order valence-corrected chi connectivity index (χ4v) is 3.59. The Hall–Kier alpha value is -1.37. The monoisotopic (exact) mass is 336 g/mol. The van der Waals surface area contributed by atoms with Gasteiger partial charge in [0.2, 0.25) is 0 Å². The number of thioether (sulfide) groups is 1. The number of nitrogens with one attached hydrogen (secondary N) is 1. The third kappa shape index (κ3) is 3.64. The highest BCUT2D eigenvalue weighted by Crippen LogP contribution is 2.26. The highest BCUT2D eigenvalue weighted by Gasteiger charge is 2.11. The van der Waals surface area contributed by atoms with E-state index >= 15 is 0 Å². The number of halogens is 1. The Labute approximate surface area is 136 Å². The number of aromatic amines is 1. The Morgan fingerprint density at radius 3 is 2.76 bits per heavy atom. The average Bonchev–Trinajstić information content (AvgIpc) is 3.04. The third-order valence-corrected chi connectivity index (χ3v) is 4.90. The predicted octanol–water partition coefficient (Wildman–Crippen LogP) is 4.11. The van der Waals surface area contributed by atoms with E-state index in [1.54, 1.807) is 11.8 Å². The molecule has 0 saturated carbocycles. The van der Waals surface area contributed by atoms with Crippen molar-refractivity contribution in [3.8, 4) is 0 Å². The van der Waals surface area contributed by atoms with Gasteiger partial charge in [-0.3, -0.25) is 0 Å². The molecule has 0 atom stereocenters. The first-order valence-electron chi connectivity index (χ1n) is 6.41. The Kier molecular flexibility index (Phi) is 4.57. The Bertz CT molecular complexity index is 724. The number of aryl methyl sites for hydroxylation is 1. The molecule has 0 aliphatic carbocycles. The fourth-order valence-electron chi connectivity index (χ4n) is 1.92.